The van der Waals surface area contributed by atoms with E-state index < -0.39 is 12.2 Å². The Morgan fingerprint density at radius 1 is 0.966 bits per heavy atom. The number of aliphatic hydroxyl groups is 2. The van der Waals surface area contributed by atoms with Crippen molar-refractivity contribution < 1.29 is 10.2 Å². The van der Waals surface area contributed by atoms with E-state index in [4.69, 9.17) is 0 Å². The van der Waals surface area contributed by atoms with Crippen LogP contribution >= 0.6 is 0 Å². The van der Waals surface area contributed by atoms with Gasteiger partial charge in [-0.3, -0.25) is 0 Å². The maximum absolute atomic E-state index is 10.7. The predicted octanol–water partition coefficient (Wildman–Crippen LogP) is 6.36. The Balaban J connectivity index is 1.51. The van der Waals surface area contributed by atoms with E-state index >= 15 is 0 Å². The van der Waals surface area contributed by atoms with Gasteiger partial charge in [0.2, 0.25) is 0 Å². The third kappa shape index (κ3) is 3.55. The Kier molecular flexibility index (Phi) is 6.01. The highest BCUT2D eigenvalue weighted by Crippen LogP contribution is 2.67. The van der Waals surface area contributed by atoms with Crippen molar-refractivity contribution >= 4 is 0 Å². The molecule has 4 aliphatic rings. The molecule has 0 radical (unpaired) electrons. The summed E-state index contributed by atoms with van der Waals surface area (Å²) in [6.45, 7) is 12.3. The van der Waals surface area contributed by atoms with Gasteiger partial charge in [0.25, 0.3) is 0 Å². The van der Waals surface area contributed by atoms with Crippen molar-refractivity contribution in [1.29, 1.82) is 0 Å². The van der Waals surface area contributed by atoms with Crippen molar-refractivity contribution in [3.8, 4) is 0 Å². The van der Waals surface area contributed by atoms with E-state index in [1.165, 1.54) is 50.5 Å². The van der Waals surface area contributed by atoms with Gasteiger partial charge in [-0.1, -0.05) is 60.0 Å². The third-order valence-corrected chi connectivity index (χ3v) is 10.4. The van der Waals surface area contributed by atoms with Gasteiger partial charge in [0, 0.05) is 0 Å². The van der Waals surface area contributed by atoms with Crippen LogP contribution in [0.4, 0.5) is 0 Å². The molecule has 0 aromatic rings. The van der Waals surface area contributed by atoms with E-state index in [-0.39, 0.29) is 5.41 Å². The molecule has 3 saturated carbocycles. The van der Waals surface area contributed by atoms with Crippen LogP contribution in [0.5, 0.6) is 0 Å². The molecule has 166 valence electrons. The topological polar surface area (TPSA) is 40.5 Å². The molecular formula is C27H46O2. The highest BCUT2D eigenvalue weighted by Gasteiger charge is 2.60. The van der Waals surface area contributed by atoms with Crippen LogP contribution in [0.3, 0.4) is 0 Å². The summed E-state index contributed by atoms with van der Waals surface area (Å²) in [4.78, 5) is 0. The van der Waals surface area contributed by atoms with Crippen LogP contribution in [-0.2, 0) is 0 Å². The highest BCUT2D eigenvalue weighted by atomic mass is 16.3. The maximum atomic E-state index is 10.7. The van der Waals surface area contributed by atoms with Gasteiger partial charge in [-0.2, -0.15) is 0 Å². The normalized spacial score (nSPS) is 47.9. The summed E-state index contributed by atoms with van der Waals surface area (Å²) in [7, 11) is 0. The Morgan fingerprint density at radius 3 is 2.45 bits per heavy atom. The average Bonchev–Trinajstić information content (AvgIpc) is 3.02. The first-order valence-corrected chi connectivity index (χ1v) is 12.7. The number of fused-ring (bicyclic) bond motifs is 5. The molecule has 0 aliphatic heterocycles. The lowest BCUT2D eigenvalue weighted by atomic mass is 9.46. The minimum atomic E-state index is -0.625. The lowest BCUT2D eigenvalue weighted by Gasteiger charge is -2.59. The second-order valence-corrected chi connectivity index (χ2v) is 12.3. The monoisotopic (exact) mass is 402 g/mol. The molecule has 0 spiro atoms. The van der Waals surface area contributed by atoms with Crippen molar-refractivity contribution in [3.05, 3.63) is 11.6 Å². The summed E-state index contributed by atoms with van der Waals surface area (Å²) in [5.41, 5.74) is 1.81. The van der Waals surface area contributed by atoms with Crippen LogP contribution in [0, 0.1) is 46.3 Å². The van der Waals surface area contributed by atoms with Gasteiger partial charge in [-0.25, -0.2) is 0 Å². The van der Waals surface area contributed by atoms with Crippen LogP contribution in [0.2, 0.25) is 0 Å². The lowest BCUT2D eigenvalue weighted by Crippen LogP contribution is -2.53. The molecule has 3 fully saturated rings. The lowest BCUT2D eigenvalue weighted by molar-refractivity contribution is -0.0801. The number of hydrogen-bond donors (Lipinski definition) is 2. The second-order valence-electron chi connectivity index (χ2n) is 12.3. The first-order valence-electron chi connectivity index (χ1n) is 12.7. The van der Waals surface area contributed by atoms with E-state index in [0.717, 1.165) is 48.9 Å². The molecule has 0 bridgehead atoms. The summed E-state index contributed by atoms with van der Waals surface area (Å²) in [5.74, 6) is 4.95. The number of hydrogen-bond acceptors (Lipinski definition) is 2. The van der Waals surface area contributed by atoms with E-state index in [2.05, 4.69) is 40.7 Å². The third-order valence-electron chi connectivity index (χ3n) is 10.4. The number of aliphatic hydroxyl groups excluding tert-OH is 2. The van der Waals surface area contributed by atoms with Crippen molar-refractivity contribution in [2.24, 2.45) is 46.3 Å². The number of allylic oxidation sites excluding steroid dienone is 1. The molecule has 2 N–H and O–H groups in total. The van der Waals surface area contributed by atoms with Crippen molar-refractivity contribution in [1.82, 2.24) is 0 Å². The molecule has 0 aromatic carbocycles. The fourth-order valence-corrected chi connectivity index (χ4v) is 8.74. The molecule has 4 aliphatic carbocycles. The molecule has 29 heavy (non-hydrogen) atoms. The van der Waals surface area contributed by atoms with Gasteiger partial charge in [0.05, 0.1) is 6.10 Å². The molecule has 9 atom stereocenters. The van der Waals surface area contributed by atoms with Crippen LogP contribution in [0.15, 0.2) is 11.6 Å². The summed E-state index contributed by atoms with van der Waals surface area (Å²) >= 11 is 0. The minimum Gasteiger partial charge on any atom is -0.390 e. The van der Waals surface area contributed by atoms with E-state index in [9.17, 15) is 10.2 Å². The van der Waals surface area contributed by atoms with Gasteiger partial charge in [0.1, 0.15) is 6.10 Å². The fraction of sp³-hybridized carbons (Fsp3) is 0.926. The first kappa shape index (κ1) is 21.9. The molecule has 0 heterocycles. The average molecular weight is 403 g/mol. The summed E-state index contributed by atoms with van der Waals surface area (Å²) in [6.07, 6.45) is 13.9. The molecule has 0 aromatic heterocycles. The quantitative estimate of drug-likeness (QED) is 0.525. The minimum absolute atomic E-state index is 0.115. The van der Waals surface area contributed by atoms with Crippen molar-refractivity contribution in [3.63, 3.8) is 0 Å². The Hall–Kier alpha value is -0.340. The maximum Gasteiger partial charge on any atom is 0.101 e. The molecule has 4 rings (SSSR count). The summed E-state index contributed by atoms with van der Waals surface area (Å²) < 4.78 is 0. The fourth-order valence-electron chi connectivity index (χ4n) is 8.74. The summed E-state index contributed by atoms with van der Waals surface area (Å²) in [5, 5.41) is 20.9. The van der Waals surface area contributed by atoms with Crippen LogP contribution in [0.25, 0.3) is 0 Å². The van der Waals surface area contributed by atoms with E-state index in [0.29, 0.717) is 11.3 Å². The Labute approximate surface area is 179 Å². The van der Waals surface area contributed by atoms with Crippen molar-refractivity contribution in [2.75, 3.05) is 0 Å². The highest BCUT2D eigenvalue weighted by molar-refractivity contribution is 5.29. The second kappa shape index (κ2) is 7.97. The van der Waals surface area contributed by atoms with Gasteiger partial charge >= 0.3 is 0 Å². The largest absolute Gasteiger partial charge is 0.390 e. The molecule has 3 unspecified atom stereocenters. The SMILES string of the molecule is CC(C)CCC[C@@H](C)[C@H]1CCC2C3CC=C4[C@H](O)[C@@H](O)CC[C@]4(C)C3CC[C@@]21C. The van der Waals surface area contributed by atoms with Crippen LogP contribution < -0.4 is 0 Å². The zero-order valence-electron chi connectivity index (χ0n) is 19.7. The van der Waals surface area contributed by atoms with Gasteiger partial charge < -0.3 is 10.2 Å². The first-order chi connectivity index (χ1) is 13.7. The van der Waals surface area contributed by atoms with Crippen LogP contribution in [-0.4, -0.2) is 22.4 Å². The Bertz CT molecular complexity index is 624. The summed E-state index contributed by atoms with van der Waals surface area (Å²) in [6, 6.07) is 0. The van der Waals surface area contributed by atoms with E-state index in [1.54, 1.807) is 0 Å². The predicted molar refractivity (Wildman–Crippen MR) is 120 cm³/mol. The van der Waals surface area contributed by atoms with Crippen LogP contribution in [0.1, 0.15) is 98.8 Å². The zero-order valence-corrected chi connectivity index (χ0v) is 19.7. The van der Waals surface area contributed by atoms with Gasteiger partial charge in [-0.05, 0) is 96.9 Å². The molecule has 2 nitrogen and oxygen atoms in total. The van der Waals surface area contributed by atoms with E-state index in [1.807, 2.05) is 0 Å². The van der Waals surface area contributed by atoms with Crippen molar-refractivity contribution in [2.45, 2.75) is 111 Å². The van der Waals surface area contributed by atoms with Gasteiger partial charge in [0.15, 0.2) is 0 Å². The smallest absolute Gasteiger partial charge is 0.101 e. The molecular weight excluding hydrogens is 356 g/mol. The zero-order chi connectivity index (χ0) is 21.0. The molecule has 0 saturated heterocycles. The molecule has 0 amide bonds. The molecule has 2 heteroatoms. The Morgan fingerprint density at radius 2 is 1.72 bits per heavy atom. The van der Waals surface area contributed by atoms with Gasteiger partial charge in [-0.15, -0.1) is 0 Å². The number of rotatable bonds is 5. The standard InChI is InChI=1S/C27H46O2/c1-17(2)7-6-8-18(3)20-11-12-21-19-9-10-23-25(29)24(28)14-16-27(23,5)22(19)13-15-26(20,21)4/h10,17-22,24-25,28-29H,6-9,11-16H2,1-5H3/t18-,19?,20-,21?,22?,24+,25+,26-,27-/m1/s1.